The number of amides is 1. The first kappa shape index (κ1) is 14.5. The van der Waals surface area contributed by atoms with Crippen molar-refractivity contribution in [1.82, 2.24) is 5.32 Å². The minimum absolute atomic E-state index is 0.104. The molecule has 0 fully saturated rings. The lowest BCUT2D eigenvalue weighted by atomic mass is 10.2. The average molecular weight is 259 g/mol. The first-order chi connectivity index (χ1) is 8.23. The molecule has 0 saturated heterocycles. The normalized spacial score (nSPS) is 23.3. The van der Waals surface area contributed by atoms with Crippen LogP contribution >= 0.6 is 0 Å². The van der Waals surface area contributed by atoms with Crippen molar-refractivity contribution in [2.45, 2.75) is 45.0 Å². The molecule has 0 aromatic heterocycles. The first-order valence-corrected chi connectivity index (χ1v) is 5.65. The van der Waals surface area contributed by atoms with Crippen LogP contribution in [0.5, 0.6) is 0 Å². The number of carbonyl (C=O) groups excluding carboxylic acids is 2. The molecule has 0 aromatic carbocycles. The number of rotatable bonds is 2. The number of ether oxygens (including phenoxy) is 2. The molecule has 1 aliphatic rings. The van der Waals surface area contributed by atoms with Crippen LogP contribution in [0.1, 0.15) is 27.2 Å². The molecule has 1 rings (SSSR count). The summed E-state index contributed by atoms with van der Waals surface area (Å²) in [5.41, 5.74) is -0.418. The Balaban J connectivity index is 2.52. The molecule has 0 bridgehead atoms. The van der Waals surface area contributed by atoms with Crippen LogP contribution < -0.4 is 5.32 Å². The number of alkyl carbamates (subject to hydrolysis) is 1. The molecule has 0 unspecified atom stereocenters. The largest absolute Gasteiger partial charge is 0.466 e. The number of alkyl halides is 1. The molecule has 6 heteroatoms. The van der Waals surface area contributed by atoms with Crippen molar-refractivity contribution < 1.29 is 23.5 Å². The van der Waals surface area contributed by atoms with Gasteiger partial charge in [-0.2, -0.15) is 0 Å². The van der Waals surface area contributed by atoms with E-state index in [1.807, 2.05) is 0 Å². The van der Waals surface area contributed by atoms with Crippen LogP contribution in [0, 0.1) is 0 Å². The Labute approximate surface area is 105 Å². The van der Waals surface area contributed by atoms with E-state index >= 15 is 0 Å². The topological polar surface area (TPSA) is 64.6 Å². The fourth-order valence-corrected chi connectivity index (χ4v) is 1.60. The lowest BCUT2D eigenvalue weighted by Gasteiger charge is -2.22. The van der Waals surface area contributed by atoms with Gasteiger partial charge in [0.15, 0.2) is 0 Å². The standard InChI is InChI=1S/C12H18FNO4/c1-12(2,3)18-11(16)14-9-6-7(5-8(9)13)10(15)17-4/h5,8-9H,6H2,1-4H3,(H,14,16)/t8-,9+/m1/s1. The lowest BCUT2D eigenvalue weighted by molar-refractivity contribution is -0.136. The lowest BCUT2D eigenvalue weighted by Crippen LogP contribution is -2.42. The SMILES string of the molecule is COC(=O)C1=C[C@@H](F)[C@@H](NC(=O)OC(C)(C)C)C1. The highest BCUT2D eigenvalue weighted by Crippen LogP contribution is 2.23. The average Bonchev–Trinajstić information content (AvgIpc) is 2.56. The van der Waals surface area contributed by atoms with Gasteiger partial charge in [-0.05, 0) is 26.8 Å². The maximum Gasteiger partial charge on any atom is 0.407 e. The Morgan fingerprint density at radius 1 is 1.44 bits per heavy atom. The van der Waals surface area contributed by atoms with Gasteiger partial charge in [0.25, 0.3) is 0 Å². The molecule has 1 N–H and O–H groups in total. The number of methoxy groups -OCH3 is 1. The Morgan fingerprint density at radius 3 is 2.56 bits per heavy atom. The van der Waals surface area contributed by atoms with E-state index in [1.165, 1.54) is 7.11 Å². The van der Waals surface area contributed by atoms with Crippen molar-refractivity contribution in [1.29, 1.82) is 0 Å². The second-order valence-corrected chi connectivity index (χ2v) is 5.08. The molecule has 102 valence electrons. The summed E-state index contributed by atoms with van der Waals surface area (Å²) in [6, 6.07) is -0.783. The number of carbonyl (C=O) groups is 2. The molecule has 2 atom stereocenters. The van der Waals surface area contributed by atoms with Gasteiger partial charge < -0.3 is 14.8 Å². The zero-order valence-electron chi connectivity index (χ0n) is 11.0. The molecule has 0 radical (unpaired) electrons. The number of nitrogens with one attached hydrogen (secondary N) is 1. The maximum absolute atomic E-state index is 13.6. The van der Waals surface area contributed by atoms with Crippen LogP contribution in [-0.2, 0) is 14.3 Å². The van der Waals surface area contributed by atoms with E-state index in [-0.39, 0.29) is 12.0 Å². The van der Waals surface area contributed by atoms with Crippen molar-refractivity contribution in [3.05, 3.63) is 11.6 Å². The quantitative estimate of drug-likeness (QED) is 0.767. The Kier molecular flexibility index (Phi) is 4.32. The monoisotopic (exact) mass is 259 g/mol. The zero-order chi connectivity index (χ0) is 13.9. The number of halogens is 1. The van der Waals surface area contributed by atoms with Crippen LogP contribution in [0.2, 0.25) is 0 Å². The Bertz CT molecular complexity index is 373. The van der Waals surface area contributed by atoms with Gasteiger partial charge >= 0.3 is 12.1 Å². The van der Waals surface area contributed by atoms with Gasteiger partial charge in [-0.3, -0.25) is 0 Å². The van der Waals surface area contributed by atoms with Crippen molar-refractivity contribution in [3.8, 4) is 0 Å². The third kappa shape index (κ3) is 4.01. The fraction of sp³-hybridized carbons (Fsp3) is 0.667. The molecule has 0 spiro atoms. The minimum Gasteiger partial charge on any atom is -0.466 e. The summed E-state index contributed by atoms with van der Waals surface area (Å²) in [6.07, 6.45) is -0.845. The molecule has 0 aliphatic heterocycles. The Hall–Kier alpha value is -1.59. The summed E-state index contributed by atoms with van der Waals surface area (Å²) >= 11 is 0. The third-order valence-corrected chi connectivity index (χ3v) is 2.33. The van der Waals surface area contributed by atoms with Crippen molar-refractivity contribution >= 4 is 12.1 Å². The molecule has 0 saturated carbocycles. The predicted octanol–water partition coefficient (Wildman–Crippen LogP) is 1.72. The van der Waals surface area contributed by atoms with Crippen LogP contribution in [0.3, 0.4) is 0 Å². The molecule has 0 heterocycles. The molecule has 1 aliphatic carbocycles. The summed E-state index contributed by atoms with van der Waals surface area (Å²) < 4.78 is 23.1. The molecule has 18 heavy (non-hydrogen) atoms. The van der Waals surface area contributed by atoms with Gasteiger partial charge in [-0.15, -0.1) is 0 Å². The van der Waals surface area contributed by atoms with E-state index in [0.29, 0.717) is 0 Å². The number of hydrogen-bond acceptors (Lipinski definition) is 4. The van der Waals surface area contributed by atoms with Crippen LogP contribution in [0.25, 0.3) is 0 Å². The van der Waals surface area contributed by atoms with Crippen molar-refractivity contribution in [2.75, 3.05) is 7.11 Å². The van der Waals surface area contributed by atoms with Gasteiger partial charge in [0.05, 0.1) is 13.2 Å². The molecule has 5 nitrogen and oxygen atoms in total. The summed E-state index contributed by atoms with van der Waals surface area (Å²) in [6.45, 7) is 5.14. The maximum atomic E-state index is 13.6. The van der Waals surface area contributed by atoms with Gasteiger partial charge in [-0.25, -0.2) is 14.0 Å². The molecular formula is C12H18FNO4. The van der Waals surface area contributed by atoms with E-state index in [2.05, 4.69) is 10.1 Å². The van der Waals surface area contributed by atoms with E-state index in [4.69, 9.17) is 4.74 Å². The highest BCUT2D eigenvalue weighted by atomic mass is 19.1. The second kappa shape index (κ2) is 5.37. The highest BCUT2D eigenvalue weighted by Gasteiger charge is 2.33. The second-order valence-electron chi connectivity index (χ2n) is 5.08. The van der Waals surface area contributed by atoms with Crippen LogP contribution in [-0.4, -0.2) is 37.0 Å². The summed E-state index contributed by atoms with van der Waals surface area (Å²) in [7, 11) is 1.23. The predicted molar refractivity (Wildman–Crippen MR) is 62.8 cm³/mol. The van der Waals surface area contributed by atoms with E-state index in [1.54, 1.807) is 20.8 Å². The Morgan fingerprint density at radius 2 is 2.06 bits per heavy atom. The first-order valence-electron chi connectivity index (χ1n) is 5.65. The summed E-state index contributed by atoms with van der Waals surface area (Å²) in [5, 5.41) is 2.40. The van der Waals surface area contributed by atoms with E-state index < -0.39 is 29.9 Å². The number of hydrogen-bond donors (Lipinski definition) is 1. The van der Waals surface area contributed by atoms with Gasteiger partial charge in [0.2, 0.25) is 0 Å². The third-order valence-electron chi connectivity index (χ3n) is 2.33. The van der Waals surface area contributed by atoms with Crippen molar-refractivity contribution in [3.63, 3.8) is 0 Å². The van der Waals surface area contributed by atoms with E-state index in [9.17, 15) is 14.0 Å². The van der Waals surface area contributed by atoms with E-state index in [0.717, 1.165) is 6.08 Å². The fourth-order valence-electron chi connectivity index (χ4n) is 1.60. The smallest absolute Gasteiger partial charge is 0.407 e. The van der Waals surface area contributed by atoms with Gasteiger partial charge in [0.1, 0.15) is 11.8 Å². The van der Waals surface area contributed by atoms with Gasteiger partial charge in [-0.1, -0.05) is 0 Å². The van der Waals surface area contributed by atoms with Crippen LogP contribution in [0.15, 0.2) is 11.6 Å². The van der Waals surface area contributed by atoms with Crippen LogP contribution in [0.4, 0.5) is 9.18 Å². The molecular weight excluding hydrogens is 241 g/mol. The highest BCUT2D eigenvalue weighted by molar-refractivity contribution is 5.89. The number of esters is 1. The molecule has 0 aromatic rings. The zero-order valence-corrected chi connectivity index (χ0v) is 11.0. The summed E-state index contributed by atoms with van der Waals surface area (Å²) in [5.74, 6) is -0.578. The minimum atomic E-state index is -1.41. The van der Waals surface area contributed by atoms with Crippen molar-refractivity contribution in [2.24, 2.45) is 0 Å². The summed E-state index contributed by atoms with van der Waals surface area (Å²) in [4.78, 5) is 22.7. The molecule has 1 amide bonds. The van der Waals surface area contributed by atoms with Gasteiger partial charge in [0, 0.05) is 12.0 Å².